The number of hydrogen-bond donors (Lipinski definition) is 2. The molecule has 138 valence electrons. The molecule has 0 spiro atoms. The average molecular weight is 405 g/mol. The Morgan fingerprint density at radius 3 is 2.68 bits per heavy atom. The Morgan fingerprint density at radius 1 is 1.32 bits per heavy atom. The SMILES string of the molecule is CCN[C@H](C)CNC(=O)c1cc(C2CC2)nc2ccc(Cl)cc12.Cl.Cl. The van der Waals surface area contributed by atoms with Crippen LogP contribution in [-0.4, -0.2) is 30.0 Å². The number of carbonyl (C=O) groups excluding carboxylic acids is 1. The van der Waals surface area contributed by atoms with Crippen LogP contribution in [0.2, 0.25) is 5.02 Å². The Morgan fingerprint density at radius 2 is 2.04 bits per heavy atom. The van der Waals surface area contributed by atoms with Crippen molar-refractivity contribution in [1.29, 1.82) is 0 Å². The molecular weight excluding hydrogens is 381 g/mol. The molecule has 1 aliphatic carbocycles. The van der Waals surface area contributed by atoms with Crippen LogP contribution in [0.25, 0.3) is 10.9 Å². The van der Waals surface area contributed by atoms with Crippen molar-refractivity contribution >= 4 is 53.2 Å². The molecule has 1 aromatic carbocycles. The minimum atomic E-state index is -0.0636. The molecule has 4 nitrogen and oxygen atoms in total. The van der Waals surface area contributed by atoms with Gasteiger partial charge in [-0.05, 0) is 50.6 Å². The third-order valence-corrected chi connectivity index (χ3v) is 4.39. The molecule has 1 amide bonds. The molecular formula is C18H24Cl3N3O. The minimum Gasteiger partial charge on any atom is -0.350 e. The highest BCUT2D eigenvalue weighted by atomic mass is 35.5. The summed E-state index contributed by atoms with van der Waals surface area (Å²) < 4.78 is 0. The van der Waals surface area contributed by atoms with E-state index in [1.54, 1.807) is 0 Å². The summed E-state index contributed by atoms with van der Waals surface area (Å²) in [6.45, 7) is 5.59. The van der Waals surface area contributed by atoms with E-state index in [0.29, 0.717) is 23.0 Å². The number of carbonyl (C=O) groups is 1. The van der Waals surface area contributed by atoms with Crippen LogP contribution < -0.4 is 10.6 Å². The van der Waals surface area contributed by atoms with Gasteiger partial charge in [0.25, 0.3) is 5.91 Å². The predicted octanol–water partition coefficient (Wildman–Crippen LogP) is 4.34. The number of likely N-dealkylation sites (N-methyl/N-ethyl adjacent to an activating group) is 1. The van der Waals surface area contributed by atoms with Crippen molar-refractivity contribution in [2.75, 3.05) is 13.1 Å². The van der Waals surface area contributed by atoms with Gasteiger partial charge < -0.3 is 10.6 Å². The second kappa shape index (κ2) is 9.58. The molecule has 1 saturated carbocycles. The van der Waals surface area contributed by atoms with Crippen LogP contribution in [0.3, 0.4) is 0 Å². The topological polar surface area (TPSA) is 54.0 Å². The molecule has 0 bridgehead atoms. The number of nitrogens with zero attached hydrogens (tertiary/aromatic N) is 1. The van der Waals surface area contributed by atoms with Gasteiger partial charge in [-0.25, -0.2) is 0 Å². The van der Waals surface area contributed by atoms with Crippen LogP contribution in [0.4, 0.5) is 0 Å². The zero-order chi connectivity index (χ0) is 16.4. The monoisotopic (exact) mass is 403 g/mol. The summed E-state index contributed by atoms with van der Waals surface area (Å²) in [5.74, 6) is 0.439. The highest BCUT2D eigenvalue weighted by molar-refractivity contribution is 6.31. The summed E-state index contributed by atoms with van der Waals surface area (Å²) in [7, 11) is 0. The van der Waals surface area contributed by atoms with E-state index in [-0.39, 0.29) is 36.8 Å². The molecule has 25 heavy (non-hydrogen) atoms. The Labute approximate surface area is 165 Å². The van der Waals surface area contributed by atoms with E-state index in [9.17, 15) is 4.79 Å². The molecule has 0 radical (unpaired) electrons. The second-order valence-electron chi connectivity index (χ2n) is 6.20. The summed E-state index contributed by atoms with van der Waals surface area (Å²) in [6, 6.07) is 7.71. The van der Waals surface area contributed by atoms with Gasteiger partial charge in [0.2, 0.25) is 0 Å². The van der Waals surface area contributed by atoms with E-state index >= 15 is 0 Å². The van der Waals surface area contributed by atoms with Crippen molar-refractivity contribution < 1.29 is 4.79 Å². The Hall–Kier alpha value is -1.07. The average Bonchev–Trinajstić information content (AvgIpc) is 3.37. The number of benzene rings is 1. The van der Waals surface area contributed by atoms with Crippen molar-refractivity contribution in [2.24, 2.45) is 0 Å². The molecule has 0 aliphatic heterocycles. The smallest absolute Gasteiger partial charge is 0.252 e. The molecule has 3 rings (SSSR count). The first-order chi connectivity index (χ1) is 11.1. The zero-order valence-corrected chi connectivity index (χ0v) is 16.7. The number of rotatable bonds is 6. The normalized spacial score (nSPS) is 14.4. The second-order valence-corrected chi connectivity index (χ2v) is 6.64. The molecule has 1 aromatic heterocycles. The van der Waals surface area contributed by atoms with Gasteiger partial charge in [-0.15, -0.1) is 24.8 Å². The van der Waals surface area contributed by atoms with E-state index in [4.69, 9.17) is 16.6 Å². The maximum atomic E-state index is 12.7. The number of aromatic nitrogens is 1. The summed E-state index contributed by atoms with van der Waals surface area (Å²) in [4.78, 5) is 17.4. The number of fused-ring (bicyclic) bond motifs is 1. The van der Waals surface area contributed by atoms with Crippen molar-refractivity contribution in [1.82, 2.24) is 15.6 Å². The van der Waals surface area contributed by atoms with Crippen LogP contribution >= 0.6 is 36.4 Å². The van der Waals surface area contributed by atoms with Gasteiger partial charge >= 0.3 is 0 Å². The summed E-state index contributed by atoms with van der Waals surface area (Å²) in [5.41, 5.74) is 2.52. The van der Waals surface area contributed by atoms with Gasteiger partial charge in [0.15, 0.2) is 0 Å². The minimum absolute atomic E-state index is 0. The molecule has 0 unspecified atom stereocenters. The van der Waals surface area contributed by atoms with Gasteiger partial charge in [0, 0.05) is 34.6 Å². The molecule has 1 fully saturated rings. The largest absolute Gasteiger partial charge is 0.350 e. The fourth-order valence-corrected chi connectivity index (χ4v) is 2.93. The Kier molecular flexibility index (Phi) is 8.42. The molecule has 1 heterocycles. The maximum absolute atomic E-state index is 12.7. The highest BCUT2D eigenvalue weighted by Crippen LogP contribution is 2.40. The van der Waals surface area contributed by atoms with Gasteiger partial charge in [-0.3, -0.25) is 9.78 Å². The molecule has 0 saturated heterocycles. The quantitative estimate of drug-likeness (QED) is 0.753. The van der Waals surface area contributed by atoms with Gasteiger partial charge in [0.1, 0.15) is 0 Å². The lowest BCUT2D eigenvalue weighted by atomic mass is 10.1. The van der Waals surface area contributed by atoms with Crippen LogP contribution in [0.1, 0.15) is 48.7 Å². The van der Waals surface area contributed by atoms with Gasteiger partial charge in [-0.1, -0.05) is 18.5 Å². The number of pyridine rings is 1. The molecule has 2 aromatic rings. The number of nitrogens with one attached hydrogen (secondary N) is 2. The highest BCUT2D eigenvalue weighted by Gasteiger charge is 2.27. The molecule has 1 aliphatic rings. The van der Waals surface area contributed by atoms with Gasteiger partial charge in [0.05, 0.1) is 11.1 Å². The fourth-order valence-electron chi connectivity index (χ4n) is 2.76. The number of hydrogen-bond acceptors (Lipinski definition) is 3. The lowest BCUT2D eigenvalue weighted by molar-refractivity contribution is 0.0951. The Balaban J connectivity index is 0.00000156. The van der Waals surface area contributed by atoms with Crippen LogP contribution in [0.5, 0.6) is 0 Å². The van der Waals surface area contributed by atoms with Crippen molar-refractivity contribution in [3.05, 3.63) is 40.5 Å². The van der Waals surface area contributed by atoms with Crippen LogP contribution in [0.15, 0.2) is 24.3 Å². The van der Waals surface area contributed by atoms with Crippen molar-refractivity contribution in [3.8, 4) is 0 Å². The standard InChI is InChI=1S/C18H22ClN3O.2ClH/c1-3-20-11(2)10-21-18(23)15-9-17(12-4-5-12)22-16-7-6-13(19)8-14(15)16;;/h6-9,11-12,20H,3-5,10H2,1-2H3,(H,21,23);2*1H/t11-;;/m1../s1. The maximum Gasteiger partial charge on any atom is 0.252 e. The predicted molar refractivity (Wildman–Crippen MR) is 109 cm³/mol. The first-order valence-electron chi connectivity index (χ1n) is 8.20. The zero-order valence-electron chi connectivity index (χ0n) is 14.3. The number of halogens is 3. The van der Waals surface area contributed by atoms with Crippen LogP contribution in [-0.2, 0) is 0 Å². The van der Waals surface area contributed by atoms with Gasteiger partial charge in [-0.2, -0.15) is 0 Å². The van der Waals surface area contributed by atoms with E-state index in [1.807, 2.05) is 24.3 Å². The third kappa shape index (κ3) is 5.45. The van der Waals surface area contributed by atoms with E-state index in [0.717, 1.165) is 36.0 Å². The van der Waals surface area contributed by atoms with E-state index in [1.165, 1.54) is 0 Å². The molecule has 7 heteroatoms. The third-order valence-electron chi connectivity index (χ3n) is 4.15. The first-order valence-corrected chi connectivity index (χ1v) is 8.58. The van der Waals surface area contributed by atoms with Crippen molar-refractivity contribution in [3.63, 3.8) is 0 Å². The molecule has 2 N–H and O–H groups in total. The lowest BCUT2D eigenvalue weighted by Crippen LogP contribution is -2.38. The first kappa shape index (κ1) is 22.0. The summed E-state index contributed by atoms with van der Waals surface area (Å²) >= 11 is 6.11. The van der Waals surface area contributed by atoms with Crippen molar-refractivity contribution in [2.45, 2.75) is 38.6 Å². The van der Waals surface area contributed by atoms with E-state index in [2.05, 4.69) is 24.5 Å². The van der Waals surface area contributed by atoms with E-state index < -0.39 is 0 Å². The summed E-state index contributed by atoms with van der Waals surface area (Å²) in [6.07, 6.45) is 2.31. The molecule has 1 atom stereocenters. The fraction of sp³-hybridized carbons (Fsp3) is 0.444. The Bertz CT molecular complexity index is 735. The summed E-state index contributed by atoms with van der Waals surface area (Å²) in [5, 5.41) is 7.73. The van der Waals surface area contributed by atoms with Crippen LogP contribution in [0, 0.1) is 0 Å². The number of amides is 1. The lowest BCUT2D eigenvalue weighted by Gasteiger charge is -2.14.